The maximum Gasteiger partial charge on any atom is 0.245 e. The summed E-state index contributed by atoms with van der Waals surface area (Å²) >= 11 is 5.14. The topological polar surface area (TPSA) is 63.4 Å². The molecule has 5 heteroatoms. The van der Waals surface area contributed by atoms with Crippen molar-refractivity contribution >= 4 is 56.3 Å². The molecule has 57 heavy (non-hydrogen) atoms. The van der Waals surface area contributed by atoms with Crippen LogP contribution in [0.25, 0.3) is 33.7 Å². The van der Waals surface area contributed by atoms with Crippen LogP contribution in [-0.4, -0.2) is 35.6 Å². The summed E-state index contributed by atoms with van der Waals surface area (Å²) in [5.41, 5.74) is 12.8. The van der Waals surface area contributed by atoms with Crippen molar-refractivity contribution in [2.45, 2.75) is 74.3 Å². The molecule has 0 saturated carbocycles. The smallest absolute Gasteiger partial charge is 0.245 e. The maximum absolute atomic E-state index is 12.3. The number of ketones is 1. The molecule has 4 nitrogen and oxygen atoms in total. The van der Waals surface area contributed by atoms with Gasteiger partial charge in [0.05, 0.1) is 0 Å². The van der Waals surface area contributed by atoms with Crippen LogP contribution < -0.4 is 5.73 Å². The number of nitrogens with two attached hydrogens (primary N) is 1. The molecule has 0 amide bonds. The molecule has 6 aromatic rings. The lowest BCUT2D eigenvalue weighted by Gasteiger charge is -2.13. The normalized spacial score (nSPS) is 11.8. The lowest BCUT2D eigenvalue weighted by Crippen LogP contribution is -2.21. The summed E-state index contributed by atoms with van der Waals surface area (Å²) in [4.78, 5) is 25.1. The number of halogens is 1. The van der Waals surface area contributed by atoms with Crippen LogP contribution >= 0.6 is 11.6 Å². The first-order valence-corrected chi connectivity index (χ1v) is 20.0. The van der Waals surface area contributed by atoms with E-state index in [-0.39, 0.29) is 25.2 Å². The summed E-state index contributed by atoms with van der Waals surface area (Å²) in [6.07, 6.45) is 7.18. The highest BCUT2D eigenvalue weighted by atomic mass is 35.5. The SMILES string of the molecule is C.CCN(CC)CC.C[C@@H](N)c1cccc2ccccc12.Cc1cccc(/C=C/C(=O)C[C@H](C)c2cccc3ccccc23)c1.Cc1cccc(/C=C/C(=O)Cl)c1. The van der Waals surface area contributed by atoms with Crippen molar-refractivity contribution in [3.05, 3.63) is 179 Å². The third kappa shape index (κ3) is 16.9. The van der Waals surface area contributed by atoms with Gasteiger partial charge in [0, 0.05) is 12.5 Å². The lowest BCUT2D eigenvalue weighted by molar-refractivity contribution is -0.114. The molecule has 2 atom stereocenters. The zero-order chi connectivity index (χ0) is 40.9. The van der Waals surface area contributed by atoms with Crippen molar-refractivity contribution in [3.63, 3.8) is 0 Å². The van der Waals surface area contributed by atoms with E-state index in [9.17, 15) is 9.59 Å². The van der Waals surface area contributed by atoms with Crippen molar-refractivity contribution in [1.29, 1.82) is 0 Å². The van der Waals surface area contributed by atoms with Gasteiger partial charge in [-0.2, -0.15) is 0 Å². The fraction of sp³-hybridized carbons (Fsp3) is 0.269. The first kappa shape index (κ1) is 48.0. The number of carbonyl (C=O) groups excluding carboxylic acids is 2. The summed E-state index contributed by atoms with van der Waals surface area (Å²) in [7, 11) is 0. The average molecular weight is 784 g/mol. The number of fused-ring (bicyclic) bond motifs is 2. The molecule has 0 spiro atoms. The first-order chi connectivity index (χ1) is 26.9. The fourth-order valence-electron chi connectivity index (χ4n) is 6.38. The third-order valence-electron chi connectivity index (χ3n) is 9.47. The van der Waals surface area contributed by atoms with Crippen LogP contribution in [0.15, 0.2) is 146 Å². The van der Waals surface area contributed by atoms with E-state index in [0.29, 0.717) is 6.42 Å². The lowest BCUT2D eigenvalue weighted by atomic mass is 9.91. The van der Waals surface area contributed by atoms with Gasteiger partial charge in [-0.3, -0.25) is 9.59 Å². The van der Waals surface area contributed by atoms with E-state index in [1.807, 2.05) is 74.5 Å². The summed E-state index contributed by atoms with van der Waals surface area (Å²) in [5, 5.41) is 4.54. The zero-order valence-corrected chi connectivity index (χ0v) is 35.0. The Kier molecular flexibility index (Phi) is 21.8. The highest BCUT2D eigenvalue weighted by molar-refractivity contribution is 6.66. The van der Waals surface area contributed by atoms with Crippen LogP contribution in [0, 0.1) is 13.8 Å². The number of hydrogen-bond donors (Lipinski definition) is 1. The summed E-state index contributed by atoms with van der Waals surface area (Å²) in [6.45, 7) is 18.3. The minimum absolute atomic E-state index is 0. The monoisotopic (exact) mass is 782 g/mol. The highest BCUT2D eigenvalue weighted by Crippen LogP contribution is 2.28. The van der Waals surface area contributed by atoms with Gasteiger partial charge >= 0.3 is 0 Å². The molecule has 2 N–H and O–H groups in total. The van der Waals surface area contributed by atoms with Crippen molar-refractivity contribution in [1.82, 2.24) is 4.90 Å². The highest BCUT2D eigenvalue weighted by Gasteiger charge is 2.12. The van der Waals surface area contributed by atoms with Gasteiger partial charge < -0.3 is 10.6 Å². The van der Waals surface area contributed by atoms with Crippen LogP contribution in [0.2, 0.25) is 0 Å². The minimum Gasteiger partial charge on any atom is -0.324 e. The number of rotatable bonds is 11. The Morgan fingerprint density at radius 1 is 0.614 bits per heavy atom. The van der Waals surface area contributed by atoms with Gasteiger partial charge in [-0.15, -0.1) is 0 Å². The molecule has 0 radical (unpaired) electrons. The minimum atomic E-state index is -0.448. The Bertz CT molecular complexity index is 2160. The van der Waals surface area contributed by atoms with Gasteiger partial charge in [0.1, 0.15) is 0 Å². The van der Waals surface area contributed by atoms with Crippen LogP contribution in [0.4, 0.5) is 0 Å². The van der Waals surface area contributed by atoms with Crippen LogP contribution in [-0.2, 0) is 9.59 Å². The molecule has 0 aliphatic rings. The molecule has 0 fully saturated rings. The second-order valence-corrected chi connectivity index (χ2v) is 14.3. The Hall–Kier alpha value is -5.13. The molecule has 0 heterocycles. The van der Waals surface area contributed by atoms with Crippen molar-refractivity contribution in [3.8, 4) is 0 Å². The number of carbonyl (C=O) groups is 2. The number of benzene rings is 6. The molecule has 0 bridgehead atoms. The van der Waals surface area contributed by atoms with E-state index in [1.54, 1.807) is 12.2 Å². The van der Waals surface area contributed by atoms with E-state index >= 15 is 0 Å². The van der Waals surface area contributed by atoms with E-state index in [1.165, 1.54) is 69.5 Å². The Balaban J connectivity index is 0.000000289. The molecule has 0 aromatic heterocycles. The van der Waals surface area contributed by atoms with Gasteiger partial charge in [0.2, 0.25) is 5.24 Å². The van der Waals surface area contributed by atoms with Gasteiger partial charge in [-0.25, -0.2) is 0 Å². The quantitative estimate of drug-likeness (QED) is 0.105. The second kappa shape index (κ2) is 25.9. The number of allylic oxidation sites excluding steroid dienone is 2. The van der Waals surface area contributed by atoms with Crippen LogP contribution in [0.3, 0.4) is 0 Å². The van der Waals surface area contributed by atoms with Gasteiger partial charge in [0.25, 0.3) is 0 Å². The Morgan fingerprint density at radius 2 is 1.04 bits per heavy atom. The predicted octanol–water partition coefficient (Wildman–Crippen LogP) is 13.5. The van der Waals surface area contributed by atoms with Crippen LogP contribution in [0.1, 0.15) is 93.8 Å². The predicted molar refractivity (Wildman–Crippen MR) is 250 cm³/mol. The Labute approximate surface area is 348 Å². The molecular weight excluding hydrogens is 720 g/mol. The van der Waals surface area contributed by atoms with E-state index in [2.05, 4.69) is 118 Å². The van der Waals surface area contributed by atoms with Crippen LogP contribution in [0.5, 0.6) is 0 Å². The molecule has 6 aromatic carbocycles. The van der Waals surface area contributed by atoms with E-state index in [0.717, 1.165) is 11.1 Å². The average Bonchev–Trinajstić information content (AvgIpc) is 3.20. The standard InChI is InChI=1S/C23H22O.C12H13N.C10H9ClO.C6H15N.CH4/c1-17-7-5-8-19(15-17)13-14-21(24)16-18(2)22-12-6-10-20-9-3-4-11-23(20)22;1-9(13)11-8-4-6-10-5-2-3-7-12(10)11;1-8-3-2-4-9(7-8)5-6-10(11)12;1-4-7(5-2)6-3;/h3-15,18H,16H2,1-2H3;2-9H,13H2,1H3;2-7H,1H3;4-6H2,1-3H3;1H4/b14-13+;;6-5+;;/t18-;9-;;;/m01.../s1. The van der Waals surface area contributed by atoms with Gasteiger partial charge in [-0.05, 0) is 114 Å². The number of hydrogen-bond acceptors (Lipinski definition) is 4. The molecular formula is C52H63ClN2O2. The van der Waals surface area contributed by atoms with E-state index < -0.39 is 5.24 Å². The second-order valence-electron chi connectivity index (χ2n) is 13.9. The van der Waals surface area contributed by atoms with Crippen molar-refractivity contribution < 1.29 is 9.59 Å². The Morgan fingerprint density at radius 3 is 1.47 bits per heavy atom. The summed E-state index contributed by atoms with van der Waals surface area (Å²) < 4.78 is 0. The molecule has 300 valence electrons. The summed E-state index contributed by atoms with van der Waals surface area (Å²) in [6, 6.07) is 45.4. The molecule has 6 rings (SSSR count). The van der Waals surface area contributed by atoms with Crippen molar-refractivity contribution in [2.24, 2.45) is 5.73 Å². The largest absolute Gasteiger partial charge is 0.324 e. The first-order valence-electron chi connectivity index (χ1n) is 19.6. The molecule has 0 unspecified atom stereocenters. The number of nitrogens with zero attached hydrogens (tertiary/aromatic N) is 1. The number of aryl methyl sites for hydroxylation is 2. The maximum atomic E-state index is 12.3. The fourth-order valence-corrected chi connectivity index (χ4v) is 6.44. The summed E-state index contributed by atoms with van der Waals surface area (Å²) in [5.74, 6) is 0.364. The van der Waals surface area contributed by atoms with Gasteiger partial charge in [-0.1, -0.05) is 192 Å². The molecule has 0 aliphatic heterocycles. The zero-order valence-electron chi connectivity index (χ0n) is 34.2. The van der Waals surface area contributed by atoms with E-state index in [4.69, 9.17) is 17.3 Å². The van der Waals surface area contributed by atoms with Gasteiger partial charge in [0.15, 0.2) is 5.78 Å². The molecule has 0 saturated heterocycles. The van der Waals surface area contributed by atoms with Crippen molar-refractivity contribution in [2.75, 3.05) is 19.6 Å². The third-order valence-corrected chi connectivity index (χ3v) is 9.60. The molecule has 0 aliphatic carbocycles.